The van der Waals surface area contributed by atoms with Gasteiger partial charge >= 0.3 is 0 Å². The number of alkyl halides is 1. The number of hydrogen-bond donors (Lipinski definition) is 1. The summed E-state index contributed by atoms with van der Waals surface area (Å²) in [4.78, 5) is 11.4. The highest BCUT2D eigenvalue weighted by atomic mass is 35.5. The van der Waals surface area contributed by atoms with Crippen molar-refractivity contribution >= 4 is 23.2 Å². The lowest BCUT2D eigenvalue weighted by molar-refractivity contribution is -0.116. The van der Waals surface area contributed by atoms with Crippen LogP contribution in [0.2, 0.25) is 0 Å². The Bertz CT molecular complexity index is 506. The number of anilines is 1. The molecule has 1 saturated carbocycles. The van der Waals surface area contributed by atoms with Crippen LogP contribution in [0.4, 0.5) is 5.69 Å². The molecule has 108 valence electrons. The van der Waals surface area contributed by atoms with E-state index in [1.165, 1.54) is 36.8 Å². The molecule has 0 bridgehead atoms. The van der Waals surface area contributed by atoms with Gasteiger partial charge in [-0.1, -0.05) is 31.9 Å². The predicted octanol–water partition coefficient (Wildman–Crippen LogP) is 4.68. The van der Waals surface area contributed by atoms with Crippen molar-refractivity contribution in [1.82, 2.24) is 0 Å². The summed E-state index contributed by atoms with van der Waals surface area (Å²) in [5.41, 5.74) is 3.42. The summed E-state index contributed by atoms with van der Waals surface area (Å²) in [5, 5.41) is 3.05. The van der Waals surface area contributed by atoms with E-state index in [0.717, 1.165) is 18.0 Å². The number of hydrogen-bond acceptors (Lipinski definition) is 1. The highest BCUT2D eigenvalue weighted by Crippen LogP contribution is 2.41. The van der Waals surface area contributed by atoms with Gasteiger partial charge < -0.3 is 5.32 Å². The molecule has 0 radical (unpaired) electrons. The van der Waals surface area contributed by atoms with Crippen molar-refractivity contribution in [3.63, 3.8) is 0 Å². The second-order valence-electron chi connectivity index (χ2n) is 6.39. The molecule has 1 atom stereocenters. The third-order valence-corrected chi connectivity index (χ3v) is 5.43. The van der Waals surface area contributed by atoms with Crippen LogP contribution in [-0.2, 0) is 11.2 Å². The van der Waals surface area contributed by atoms with Gasteiger partial charge in [0, 0.05) is 12.1 Å². The topological polar surface area (TPSA) is 29.1 Å². The molecular formula is C17H22ClNO. The molecule has 0 aromatic heterocycles. The summed E-state index contributed by atoms with van der Waals surface area (Å²) >= 11 is 6.72. The van der Waals surface area contributed by atoms with Gasteiger partial charge in [0.2, 0.25) is 5.91 Å². The molecule has 2 aliphatic rings. The van der Waals surface area contributed by atoms with Gasteiger partial charge in [-0.2, -0.15) is 0 Å². The first-order chi connectivity index (χ1) is 9.63. The molecule has 1 aromatic rings. The summed E-state index contributed by atoms with van der Waals surface area (Å²) in [5.74, 6) is 1.58. The summed E-state index contributed by atoms with van der Waals surface area (Å²) < 4.78 is 0. The maximum Gasteiger partial charge on any atom is 0.224 e. The third-order valence-electron chi connectivity index (χ3n) is 4.82. The molecule has 3 heteroatoms. The van der Waals surface area contributed by atoms with Crippen molar-refractivity contribution in [2.75, 3.05) is 5.32 Å². The van der Waals surface area contributed by atoms with Crippen LogP contribution in [-0.4, -0.2) is 5.91 Å². The highest BCUT2D eigenvalue weighted by molar-refractivity contribution is 6.21. The number of rotatable bonds is 2. The van der Waals surface area contributed by atoms with Gasteiger partial charge in [-0.05, 0) is 48.3 Å². The Hall–Kier alpha value is -1.02. The van der Waals surface area contributed by atoms with E-state index in [-0.39, 0.29) is 11.3 Å². The van der Waals surface area contributed by atoms with Crippen LogP contribution in [0, 0.1) is 11.8 Å². The normalized spacial score (nSPS) is 27.6. The molecule has 3 rings (SSSR count). The van der Waals surface area contributed by atoms with E-state index in [4.69, 9.17) is 11.6 Å². The van der Waals surface area contributed by atoms with Gasteiger partial charge in [-0.15, -0.1) is 11.6 Å². The number of carbonyl (C=O) groups excluding carboxylic acids is 1. The standard InChI is InChI=1S/C17H22ClNO/c1-11-2-4-12(5-3-11)17(18)14-6-8-15-13(10-14)7-9-16(20)19-15/h6,8,10-12,17H,2-5,7,9H2,1H3,(H,19,20). The number of fused-ring (bicyclic) bond motifs is 1. The van der Waals surface area contributed by atoms with Crippen LogP contribution < -0.4 is 5.32 Å². The molecule has 1 unspecified atom stereocenters. The Labute approximate surface area is 125 Å². The molecule has 1 N–H and O–H groups in total. The van der Waals surface area contributed by atoms with Crippen LogP contribution in [0.15, 0.2) is 18.2 Å². The first kappa shape index (κ1) is 13.9. The summed E-state index contributed by atoms with van der Waals surface area (Å²) in [6.45, 7) is 2.33. The number of nitrogens with one attached hydrogen (secondary N) is 1. The molecule has 1 aromatic carbocycles. The van der Waals surface area contributed by atoms with E-state index in [9.17, 15) is 4.79 Å². The molecular weight excluding hydrogens is 270 g/mol. The van der Waals surface area contributed by atoms with Gasteiger partial charge in [0.15, 0.2) is 0 Å². The number of benzene rings is 1. The molecule has 1 fully saturated rings. The fourth-order valence-electron chi connectivity index (χ4n) is 3.43. The smallest absolute Gasteiger partial charge is 0.224 e. The molecule has 1 aliphatic heterocycles. The molecule has 20 heavy (non-hydrogen) atoms. The van der Waals surface area contributed by atoms with E-state index in [1.54, 1.807) is 0 Å². The van der Waals surface area contributed by atoms with E-state index in [1.807, 2.05) is 6.07 Å². The molecule has 0 saturated heterocycles. The minimum Gasteiger partial charge on any atom is -0.326 e. The quantitative estimate of drug-likeness (QED) is 0.788. The van der Waals surface area contributed by atoms with Crippen molar-refractivity contribution < 1.29 is 4.79 Å². The summed E-state index contributed by atoms with van der Waals surface area (Å²) in [7, 11) is 0. The maximum absolute atomic E-state index is 11.4. The lowest BCUT2D eigenvalue weighted by Gasteiger charge is -2.30. The van der Waals surface area contributed by atoms with Crippen molar-refractivity contribution in [2.45, 2.75) is 50.8 Å². The molecule has 1 amide bonds. The van der Waals surface area contributed by atoms with Crippen LogP contribution in [0.3, 0.4) is 0 Å². The Kier molecular flexibility index (Phi) is 4.02. The molecule has 1 aliphatic carbocycles. The predicted molar refractivity (Wildman–Crippen MR) is 83.1 cm³/mol. The summed E-state index contributed by atoms with van der Waals surface area (Å²) in [6.07, 6.45) is 6.50. The lowest BCUT2D eigenvalue weighted by atomic mass is 9.79. The van der Waals surface area contributed by atoms with E-state index in [0.29, 0.717) is 12.3 Å². The SMILES string of the molecule is CC1CCC(C(Cl)c2ccc3c(c2)CCC(=O)N3)CC1. The average molecular weight is 292 g/mol. The first-order valence-corrected chi connectivity index (χ1v) is 8.14. The monoisotopic (exact) mass is 291 g/mol. The van der Waals surface area contributed by atoms with Gasteiger partial charge in [-0.3, -0.25) is 4.79 Å². The van der Waals surface area contributed by atoms with Gasteiger partial charge in [-0.25, -0.2) is 0 Å². The second-order valence-corrected chi connectivity index (χ2v) is 6.86. The Balaban J connectivity index is 1.75. The maximum atomic E-state index is 11.4. The van der Waals surface area contributed by atoms with Gasteiger partial charge in [0.05, 0.1) is 5.38 Å². The molecule has 1 heterocycles. The van der Waals surface area contributed by atoms with Crippen LogP contribution in [0.25, 0.3) is 0 Å². The highest BCUT2D eigenvalue weighted by Gasteiger charge is 2.26. The van der Waals surface area contributed by atoms with Crippen LogP contribution in [0.1, 0.15) is 55.5 Å². The van der Waals surface area contributed by atoms with E-state index >= 15 is 0 Å². The van der Waals surface area contributed by atoms with Crippen LogP contribution in [0.5, 0.6) is 0 Å². The first-order valence-electron chi connectivity index (χ1n) is 7.70. The van der Waals surface area contributed by atoms with Gasteiger partial charge in [0.1, 0.15) is 0 Å². The summed E-state index contributed by atoms with van der Waals surface area (Å²) in [6, 6.07) is 6.30. The zero-order chi connectivity index (χ0) is 14.1. The largest absolute Gasteiger partial charge is 0.326 e. The minimum absolute atomic E-state index is 0.116. The molecule has 2 nitrogen and oxygen atoms in total. The van der Waals surface area contributed by atoms with Crippen molar-refractivity contribution in [3.05, 3.63) is 29.3 Å². The fourth-order valence-corrected chi connectivity index (χ4v) is 3.81. The Morgan fingerprint density at radius 1 is 1.20 bits per heavy atom. The number of halogens is 1. The Morgan fingerprint density at radius 3 is 2.70 bits per heavy atom. The van der Waals surface area contributed by atoms with Crippen molar-refractivity contribution in [3.8, 4) is 0 Å². The Morgan fingerprint density at radius 2 is 1.95 bits per heavy atom. The van der Waals surface area contributed by atoms with E-state index < -0.39 is 0 Å². The zero-order valence-corrected chi connectivity index (χ0v) is 12.7. The zero-order valence-electron chi connectivity index (χ0n) is 12.0. The van der Waals surface area contributed by atoms with Crippen LogP contribution >= 0.6 is 11.6 Å². The van der Waals surface area contributed by atoms with Crippen molar-refractivity contribution in [1.29, 1.82) is 0 Å². The second kappa shape index (κ2) is 5.77. The lowest BCUT2D eigenvalue weighted by Crippen LogP contribution is -2.20. The number of carbonyl (C=O) groups is 1. The number of aryl methyl sites for hydroxylation is 1. The fraction of sp³-hybridized carbons (Fsp3) is 0.588. The van der Waals surface area contributed by atoms with E-state index in [2.05, 4.69) is 24.4 Å². The third kappa shape index (κ3) is 2.85. The van der Waals surface area contributed by atoms with Gasteiger partial charge in [0.25, 0.3) is 0 Å². The number of amides is 1. The average Bonchev–Trinajstić information content (AvgIpc) is 2.47. The minimum atomic E-state index is 0.116. The molecule has 0 spiro atoms. The van der Waals surface area contributed by atoms with Crippen molar-refractivity contribution in [2.24, 2.45) is 11.8 Å².